The molecule has 0 radical (unpaired) electrons. The molecular weight excluding hydrogens is 116 g/mol. The van der Waals surface area contributed by atoms with Crippen molar-refractivity contribution in [3.8, 4) is 0 Å². The summed E-state index contributed by atoms with van der Waals surface area (Å²) in [5, 5.41) is 1.87. The Hall–Kier alpha value is -0.120. The van der Waals surface area contributed by atoms with Crippen molar-refractivity contribution in [3.63, 3.8) is 0 Å². The second kappa shape index (κ2) is 1.94. The lowest BCUT2D eigenvalue weighted by Gasteiger charge is -2.29. The second-order valence-corrected chi connectivity index (χ2v) is 2.95. The highest BCUT2D eigenvalue weighted by molar-refractivity contribution is 4.75. The molecule has 3 heteroatoms. The fraction of sp³-hybridized carbons (Fsp3) is 1.00. The van der Waals surface area contributed by atoms with Gasteiger partial charge in [0.2, 0.25) is 0 Å². The summed E-state index contributed by atoms with van der Waals surface area (Å²) in [4.78, 5) is 7.39. The first kappa shape index (κ1) is 6.99. The van der Waals surface area contributed by atoms with Crippen molar-refractivity contribution in [2.24, 2.45) is 0 Å². The summed E-state index contributed by atoms with van der Waals surface area (Å²) in [5.41, 5.74) is 0.0556. The third-order valence-electron chi connectivity index (χ3n) is 2.15. The first-order valence-electron chi connectivity index (χ1n) is 3.13. The molecule has 3 nitrogen and oxygen atoms in total. The Morgan fingerprint density at radius 1 is 1.33 bits per heavy atom. The maximum Gasteiger partial charge on any atom is 0.122 e. The Bertz CT molecular complexity index is 102. The first-order valence-corrected chi connectivity index (χ1v) is 3.13. The minimum absolute atomic E-state index is 0.0556. The van der Waals surface area contributed by atoms with Gasteiger partial charge >= 0.3 is 0 Å². The van der Waals surface area contributed by atoms with E-state index in [0.717, 1.165) is 0 Å². The van der Waals surface area contributed by atoms with E-state index >= 15 is 0 Å². The Kier molecular flexibility index (Phi) is 1.50. The predicted molar refractivity (Wildman–Crippen MR) is 35.6 cm³/mol. The van der Waals surface area contributed by atoms with Gasteiger partial charge in [0, 0.05) is 7.05 Å². The lowest BCUT2D eigenvalue weighted by atomic mass is 10.2. The summed E-state index contributed by atoms with van der Waals surface area (Å²) in [7, 11) is 3.99. The Morgan fingerprint density at radius 3 is 2.00 bits per heavy atom. The van der Waals surface area contributed by atoms with Gasteiger partial charge in [-0.05, 0) is 20.9 Å². The third kappa shape index (κ3) is 0.956. The maximum atomic E-state index is 5.24. The highest BCUT2D eigenvalue weighted by atomic mass is 16.7. The molecule has 1 aliphatic heterocycles. The molecule has 0 saturated carbocycles. The molecule has 0 aromatic heterocycles. The van der Waals surface area contributed by atoms with E-state index in [-0.39, 0.29) is 5.66 Å². The third-order valence-corrected chi connectivity index (χ3v) is 2.15. The molecule has 0 amide bonds. The van der Waals surface area contributed by atoms with Crippen LogP contribution in [0.4, 0.5) is 0 Å². The molecule has 0 bridgehead atoms. The number of hydroxylamine groups is 2. The van der Waals surface area contributed by atoms with Gasteiger partial charge in [-0.3, -0.25) is 9.74 Å². The zero-order chi connectivity index (χ0) is 7.07. The highest BCUT2D eigenvalue weighted by Crippen LogP contribution is 2.22. The summed E-state index contributed by atoms with van der Waals surface area (Å²) < 4.78 is 0. The number of rotatable bonds is 0. The van der Waals surface area contributed by atoms with E-state index in [9.17, 15) is 0 Å². The summed E-state index contributed by atoms with van der Waals surface area (Å²) in [6, 6.07) is 0. The second-order valence-electron chi connectivity index (χ2n) is 2.95. The van der Waals surface area contributed by atoms with Crippen LogP contribution < -0.4 is 0 Å². The monoisotopic (exact) mass is 130 g/mol. The topological polar surface area (TPSA) is 15.7 Å². The molecule has 0 unspecified atom stereocenters. The molecule has 0 spiro atoms. The smallest absolute Gasteiger partial charge is 0.122 e. The van der Waals surface area contributed by atoms with Crippen molar-refractivity contribution in [3.05, 3.63) is 0 Å². The number of hydrogen-bond acceptors (Lipinski definition) is 3. The summed E-state index contributed by atoms with van der Waals surface area (Å²) in [6.45, 7) is 4.95. The Morgan fingerprint density at radius 2 is 1.89 bits per heavy atom. The molecule has 0 atom stereocenters. The van der Waals surface area contributed by atoms with Crippen molar-refractivity contribution in [1.82, 2.24) is 9.96 Å². The molecule has 1 heterocycles. The maximum absolute atomic E-state index is 5.24. The van der Waals surface area contributed by atoms with Crippen molar-refractivity contribution in [1.29, 1.82) is 0 Å². The van der Waals surface area contributed by atoms with E-state index in [4.69, 9.17) is 4.84 Å². The minimum atomic E-state index is 0.0556. The summed E-state index contributed by atoms with van der Waals surface area (Å²) >= 11 is 0. The van der Waals surface area contributed by atoms with Gasteiger partial charge in [0.15, 0.2) is 0 Å². The summed E-state index contributed by atoms with van der Waals surface area (Å²) in [6.07, 6.45) is 0. The van der Waals surface area contributed by atoms with Crippen LogP contribution in [0.3, 0.4) is 0 Å². The Balaban J connectivity index is 2.66. The lowest BCUT2D eigenvalue weighted by Crippen LogP contribution is -2.44. The average Bonchev–Trinajstić information content (AvgIpc) is 1.96. The molecule has 1 rings (SSSR count). The van der Waals surface area contributed by atoms with Crippen LogP contribution in [0.1, 0.15) is 13.8 Å². The Labute approximate surface area is 56.1 Å². The normalized spacial score (nSPS) is 29.3. The van der Waals surface area contributed by atoms with Crippen LogP contribution in [-0.2, 0) is 4.84 Å². The number of nitrogens with zero attached hydrogens (tertiary/aromatic N) is 2. The highest BCUT2D eigenvalue weighted by Gasteiger charge is 2.35. The van der Waals surface area contributed by atoms with Gasteiger partial charge in [0.05, 0.1) is 5.66 Å². The van der Waals surface area contributed by atoms with E-state index in [1.165, 1.54) is 0 Å². The van der Waals surface area contributed by atoms with E-state index in [1.807, 2.05) is 19.2 Å². The fourth-order valence-electron chi connectivity index (χ4n) is 0.730. The molecule has 0 N–H and O–H groups in total. The largest absolute Gasteiger partial charge is 0.282 e. The van der Waals surface area contributed by atoms with E-state index in [0.29, 0.717) is 6.73 Å². The molecule has 0 aromatic rings. The van der Waals surface area contributed by atoms with Crippen LogP contribution in [0, 0.1) is 0 Å². The number of hydrogen-bond donors (Lipinski definition) is 0. The molecule has 0 aromatic carbocycles. The van der Waals surface area contributed by atoms with Gasteiger partial charge < -0.3 is 0 Å². The zero-order valence-corrected chi connectivity index (χ0v) is 6.51. The van der Waals surface area contributed by atoms with Gasteiger partial charge in [-0.25, -0.2) is 0 Å². The zero-order valence-electron chi connectivity index (χ0n) is 6.51. The fourth-order valence-corrected chi connectivity index (χ4v) is 0.730. The van der Waals surface area contributed by atoms with Crippen LogP contribution in [0.5, 0.6) is 0 Å². The van der Waals surface area contributed by atoms with Gasteiger partial charge in [-0.1, -0.05) is 0 Å². The van der Waals surface area contributed by atoms with Crippen molar-refractivity contribution in [2.45, 2.75) is 19.5 Å². The van der Waals surface area contributed by atoms with E-state index in [2.05, 4.69) is 18.7 Å². The van der Waals surface area contributed by atoms with Crippen LogP contribution in [0.25, 0.3) is 0 Å². The van der Waals surface area contributed by atoms with Crippen LogP contribution in [0.15, 0.2) is 0 Å². The summed E-state index contributed by atoms with van der Waals surface area (Å²) in [5.74, 6) is 0. The molecule has 1 aliphatic rings. The standard InChI is InChI=1S/C6H14N2O/c1-6(2)7(3)5-9-8(6)4/h5H2,1-4H3. The molecular formula is C6H14N2O. The van der Waals surface area contributed by atoms with Crippen LogP contribution in [-0.4, -0.2) is 36.5 Å². The minimum Gasteiger partial charge on any atom is -0.282 e. The van der Waals surface area contributed by atoms with Crippen LogP contribution >= 0.6 is 0 Å². The van der Waals surface area contributed by atoms with Crippen molar-refractivity contribution < 1.29 is 4.84 Å². The van der Waals surface area contributed by atoms with Crippen molar-refractivity contribution in [2.75, 3.05) is 20.8 Å². The van der Waals surface area contributed by atoms with Gasteiger partial charge in [0.25, 0.3) is 0 Å². The van der Waals surface area contributed by atoms with E-state index < -0.39 is 0 Å². The quantitative estimate of drug-likeness (QED) is 0.474. The molecule has 54 valence electrons. The van der Waals surface area contributed by atoms with Gasteiger partial charge in [-0.15, -0.1) is 0 Å². The van der Waals surface area contributed by atoms with E-state index in [1.54, 1.807) is 0 Å². The lowest BCUT2D eigenvalue weighted by molar-refractivity contribution is -0.134. The average molecular weight is 130 g/mol. The molecule has 1 saturated heterocycles. The molecule has 9 heavy (non-hydrogen) atoms. The van der Waals surface area contributed by atoms with Gasteiger partial charge in [-0.2, -0.15) is 5.06 Å². The SMILES string of the molecule is CN1CON(C)C1(C)C. The van der Waals surface area contributed by atoms with Crippen molar-refractivity contribution >= 4 is 0 Å². The molecule has 1 fully saturated rings. The van der Waals surface area contributed by atoms with Crippen LogP contribution in [0.2, 0.25) is 0 Å². The first-order chi connectivity index (χ1) is 4.05. The molecule has 0 aliphatic carbocycles. The van der Waals surface area contributed by atoms with Gasteiger partial charge in [0.1, 0.15) is 6.73 Å². The predicted octanol–water partition coefficient (Wildman–Crippen LogP) is 0.489.